The van der Waals surface area contributed by atoms with Gasteiger partial charge in [0.15, 0.2) is 0 Å². The standard InChI is InChI=1S/C46H31NO/c1-2-13-33(14-3-1)40-18-6-8-22-44(40)47(39-17-10-16-36(31-39)37-25-24-32-12-4-5-15-35(32)30-37)38-28-26-34(27-29-38)41-20-11-21-43-42-19-7-9-23-45(42)48-46(41)43/h1-31H. The molecular formula is C46H31NO. The molecule has 48 heavy (non-hydrogen) atoms. The van der Waals surface area contributed by atoms with E-state index >= 15 is 0 Å². The van der Waals surface area contributed by atoms with Crippen LogP contribution in [0.5, 0.6) is 0 Å². The van der Waals surface area contributed by atoms with Crippen molar-refractivity contribution >= 4 is 49.8 Å². The average molecular weight is 614 g/mol. The maximum absolute atomic E-state index is 6.39. The van der Waals surface area contributed by atoms with Gasteiger partial charge in [-0.3, -0.25) is 0 Å². The molecule has 0 radical (unpaired) electrons. The number of para-hydroxylation sites is 3. The van der Waals surface area contributed by atoms with Gasteiger partial charge >= 0.3 is 0 Å². The number of furan rings is 1. The zero-order valence-corrected chi connectivity index (χ0v) is 26.3. The van der Waals surface area contributed by atoms with E-state index in [0.717, 1.165) is 50.1 Å². The van der Waals surface area contributed by atoms with Crippen LogP contribution in [0.3, 0.4) is 0 Å². The van der Waals surface area contributed by atoms with Crippen molar-refractivity contribution in [2.75, 3.05) is 4.90 Å². The van der Waals surface area contributed by atoms with Gasteiger partial charge in [0.1, 0.15) is 11.2 Å². The zero-order valence-electron chi connectivity index (χ0n) is 26.3. The minimum Gasteiger partial charge on any atom is -0.455 e. The second kappa shape index (κ2) is 11.8. The molecule has 0 bridgehead atoms. The Morgan fingerprint density at radius 1 is 0.354 bits per heavy atom. The third kappa shape index (κ3) is 4.92. The fraction of sp³-hybridized carbons (Fsp3) is 0. The Hall–Kier alpha value is -6.38. The van der Waals surface area contributed by atoms with E-state index in [1.165, 1.54) is 33.0 Å². The summed E-state index contributed by atoms with van der Waals surface area (Å²) in [6.07, 6.45) is 0. The van der Waals surface area contributed by atoms with E-state index < -0.39 is 0 Å². The molecule has 0 atom stereocenters. The molecule has 0 aliphatic heterocycles. The Morgan fingerprint density at radius 2 is 0.979 bits per heavy atom. The topological polar surface area (TPSA) is 16.4 Å². The average Bonchev–Trinajstić information content (AvgIpc) is 3.55. The van der Waals surface area contributed by atoms with E-state index in [2.05, 4.69) is 181 Å². The first-order chi connectivity index (χ1) is 23.8. The summed E-state index contributed by atoms with van der Waals surface area (Å²) in [7, 11) is 0. The molecular weight excluding hydrogens is 583 g/mol. The molecule has 9 aromatic rings. The molecule has 0 aliphatic rings. The van der Waals surface area contributed by atoms with E-state index in [4.69, 9.17) is 4.42 Å². The van der Waals surface area contributed by atoms with Crippen LogP contribution in [0.25, 0.3) is 66.1 Å². The molecule has 0 fully saturated rings. The van der Waals surface area contributed by atoms with Gasteiger partial charge in [-0.05, 0) is 75.5 Å². The minimum atomic E-state index is 0.909. The van der Waals surface area contributed by atoms with Crippen LogP contribution in [-0.2, 0) is 0 Å². The SMILES string of the molecule is c1ccc(-c2ccccc2N(c2ccc(-c3cccc4c3oc3ccccc34)cc2)c2cccc(-c3ccc4ccccc4c3)c2)cc1. The third-order valence-corrected chi connectivity index (χ3v) is 9.26. The molecule has 0 aliphatic carbocycles. The Morgan fingerprint density at radius 3 is 1.88 bits per heavy atom. The molecule has 0 N–H and O–H groups in total. The number of fused-ring (bicyclic) bond motifs is 4. The van der Waals surface area contributed by atoms with Gasteiger partial charge in [0.2, 0.25) is 0 Å². The molecule has 2 heteroatoms. The molecule has 0 saturated carbocycles. The molecule has 226 valence electrons. The van der Waals surface area contributed by atoms with Crippen molar-refractivity contribution < 1.29 is 4.42 Å². The van der Waals surface area contributed by atoms with Gasteiger partial charge in [-0.1, -0.05) is 146 Å². The first kappa shape index (κ1) is 27.9. The van der Waals surface area contributed by atoms with Crippen LogP contribution < -0.4 is 4.90 Å². The highest BCUT2D eigenvalue weighted by molar-refractivity contribution is 6.09. The maximum Gasteiger partial charge on any atom is 0.143 e. The van der Waals surface area contributed by atoms with Gasteiger partial charge in [-0.15, -0.1) is 0 Å². The summed E-state index contributed by atoms with van der Waals surface area (Å²) >= 11 is 0. The van der Waals surface area contributed by atoms with E-state index in [1.54, 1.807) is 0 Å². The largest absolute Gasteiger partial charge is 0.455 e. The Labute approximate surface area is 279 Å². The lowest BCUT2D eigenvalue weighted by Crippen LogP contribution is -2.11. The molecule has 1 heterocycles. The van der Waals surface area contributed by atoms with Gasteiger partial charge in [0.25, 0.3) is 0 Å². The predicted octanol–water partition coefficient (Wildman–Crippen LogP) is 13.2. The Kier molecular flexibility index (Phi) is 6.84. The summed E-state index contributed by atoms with van der Waals surface area (Å²) in [5.41, 5.74) is 12.0. The van der Waals surface area contributed by atoms with Crippen LogP contribution in [0, 0.1) is 0 Å². The second-order valence-corrected chi connectivity index (χ2v) is 12.2. The van der Waals surface area contributed by atoms with Gasteiger partial charge in [-0.2, -0.15) is 0 Å². The number of anilines is 3. The van der Waals surface area contributed by atoms with Crippen LogP contribution in [0.1, 0.15) is 0 Å². The van der Waals surface area contributed by atoms with Crippen molar-refractivity contribution in [3.05, 3.63) is 188 Å². The van der Waals surface area contributed by atoms with E-state index in [-0.39, 0.29) is 0 Å². The summed E-state index contributed by atoms with van der Waals surface area (Å²) in [5.74, 6) is 0. The van der Waals surface area contributed by atoms with Gasteiger partial charge in [0.05, 0.1) is 5.69 Å². The van der Waals surface area contributed by atoms with Crippen LogP contribution in [0.15, 0.2) is 192 Å². The van der Waals surface area contributed by atoms with Crippen molar-refractivity contribution in [3.63, 3.8) is 0 Å². The molecule has 1 aromatic heterocycles. The molecule has 8 aromatic carbocycles. The van der Waals surface area contributed by atoms with Gasteiger partial charge in [-0.25, -0.2) is 0 Å². The van der Waals surface area contributed by atoms with Gasteiger partial charge < -0.3 is 9.32 Å². The fourth-order valence-electron chi connectivity index (χ4n) is 6.92. The van der Waals surface area contributed by atoms with Crippen molar-refractivity contribution in [2.45, 2.75) is 0 Å². The minimum absolute atomic E-state index is 0.909. The van der Waals surface area contributed by atoms with Crippen LogP contribution in [0.2, 0.25) is 0 Å². The quantitative estimate of drug-likeness (QED) is 0.185. The molecule has 0 amide bonds. The van der Waals surface area contributed by atoms with Gasteiger partial charge in [0, 0.05) is 33.3 Å². The first-order valence-electron chi connectivity index (χ1n) is 16.3. The van der Waals surface area contributed by atoms with Crippen LogP contribution >= 0.6 is 0 Å². The number of benzene rings is 8. The molecule has 2 nitrogen and oxygen atoms in total. The highest BCUT2D eigenvalue weighted by atomic mass is 16.3. The fourth-order valence-corrected chi connectivity index (χ4v) is 6.92. The lowest BCUT2D eigenvalue weighted by atomic mass is 9.98. The van der Waals surface area contributed by atoms with E-state index in [9.17, 15) is 0 Å². The van der Waals surface area contributed by atoms with Crippen molar-refractivity contribution in [3.8, 4) is 33.4 Å². The zero-order chi connectivity index (χ0) is 31.9. The molecule has 0 unspecified atom stereocenters. The first-order valence-corrected chi connectivity index (χ1v) is 16.3. The smallest absolute Gasteiger partial charge is 0.143 e. The number of hydrogen-bond acceptors (Lipinski definition) is 2. The summed E-state index contributed by atoms with van der Waals surface area (Å²) in [6, 6.07) is 66.9. The molecule has 9 rings (SSSR count). The summed E-state index contributed by atoms with van der Waals surface area (Å²) < 4.78 is 6.39. The number of nitrogens with zero attached hydrogens (tertiary/aromatic N) is 1. The van der Waals surface area contributed by atoms with Crippen molar-refractivity contribution in [2.24, 2.45) is 0 Å². The van der Waals surface area contributed by atoms with Crippen LogP contribution in [-0.4, -0.2) is 0 Å². The lowest BCUT2D eigenvalue weighted by molar-refractivity contribution is 0.670. The predicted molar refractivity (Wildman–Crippen MR) is 202 cm³/mol. The summed E-state index contributed by atoms with van der Waals surface area (Å²) in [4.78, 5) is 2.37. The Bertz CT molecular complexity index is 2560. The highest BCUT2D eigenvalue weighted by Crippen LogP contribution is 2.43. The maximum atomic E-state index is 6.39. The second-order valence-electron chi connectivity index (χ2n) is 12.2. The summed E-state index contributed by atoms with van der Waals surface area (Å²) in [6.45, 7) is 0. The Balaban J connectivity index is 1.19. The lowest BCUT2D eigenvalue weighted by Gasteiger charge is -2.28. The van der Waals surface area contributed by atoms with Crippen molar-refractivity contribution in [1.29, 1.82) is 0 Å². The monoisotopic (exact) mass is 613 g/mol. The van der Waals surface area contributed by atoms with E-state index in [0.29, 0.717) is 0 Å². The van der Waals surface area contributed by atoms with Crippen LogP contribution in [0.4, 0.5) is 17.1 Å². The highest BCUT2D eigenvalue weighted by Gasteiger charge is 2.19. The molecule has 0 saturated heterocycles. The number of hydrogen-bond donors (Lipinski definition) is 0. The normalized spacial score (nSPS) is 11.3. The third-order valence-electron chi connectivity index (χ3n) is 9.26. The summed E-state index contributed by atoms with van der Waals surface area (Å²) in [5, 5.41) is 4.76. The van der Waals surface area contributed by atoms with E-state index in [1.807, 2.05) is 12.1 Å². The van der Waals surface area contributed by atoms with Crippen molar-refractivity contribution in [1.82, 2.24) is 0 Å². The molecule has 0 spiro atoms. The number of rotatable bonds is 6.